The van der Waals surface area contributed by atoms with Gasteiger partial charge in [0.25, 0.3) is 5.56 Å². The first kappa shape index (κ1) is 39.3. The van der Waals surface area contributed by atoms with Crippen LogP contribution in [0.4, 0.5) is 16.6 Å². The van der Waals surface area contributed by atoms with E-state index in [2.05, 4.69) is 37.5 Å². The number of piperidine rings is 1. The molecule has 3 aromatic heterocycles. The van der Waals surface area contributed by atoms with E-state index in [0.29, 0.717) is 37.9 Å². The standard InChI is InChI=1S/C35H49N11O6/c1-7-8-21-45-28-29(41-32(45)44-20-14-15-24(22-44)39-33(49)52-35(2,3)4)43(5)34(50)46(30(28)47)23-26-25(31(48)51-6)16-17-27(40-26)37-18-12-10-9-11-13-19-38-42-36/h16-17,24H,9-15,18-23H2,1-6H3,(H,37,40)(H,39,49)/t24-/m1/s1. The third-order valence-corrected chi connectivity index (χ3v) is 8.54. The molecule has 52 heavy (non-hydrogen) atoms. The molecule has 0 radical (unpaired) electrons. The molecule has 1 aliphatic rings. The Kier molecular flexibility index (Phi) is 13.7. The average Bonchev–Trinajstić information content (AvgIpc) is 3.49. The maximum atomic E-state index is 14.3. The second kappa shape index (κ2) is 18.1. The molecule has 17 heteroatoms. The van der Waals surface area contributed by atoms with E-state index in [9.17, 15) is 19.2 Å². The number of anilines is 2. The Hall–Kier alpha value is -5.49. The van der Waals surface area contributed by atoms with E-state index in [1.165, 1.54) is 11.7 Å². The second-order valence-electron chi connectivity index (χ2n) is 13.6. The number of aryl methyl sites for hydroxylation is 1. The number of aromatic nitrogens is 5. The van der Waals surface area contributed by atoms with Crippen LogP contribution in [0, 0.1) is 11.8 Å². The van der Waals surface area contributed by atoms with Crippen molar-refractivity contribution in [3.8, 4) is 11.8 Å². The van der Waals surface area contributed by atoms with Crippen molar-refractivity contribution in [1.82, 2.24) is 29.0 Å². The van der Waals surface area contributed by atoms with Crippen molar-refractivity contribution in [2.24, 2.45) is 12.2 Å². The number of esters is 1. The van der Waals surface area contributed by atoms with Gasteiger partial charge in [0.15, 0.2) is 11.2 Å². The van der Waals surface area contributed by atoms with Gasteiger partial charge in [-0.3, -0.25) is 18.5 Å². The second-order valence-corrected chi connectivity index (χ2v) is 13.6. The van der Waals surface area contributed by atoms with E-state index in [1.54, 1.807) is 51.4 Å². The lowest BCUT2D eigenvalue weighted by atomic mass is 10.1. The van der Waals surface area contributed by atoms with Crippen LogP contribution in [-0.2, 0) is 29.6 Å². The summed E-state index contributed by atoms with van der Waals surface area (Å²) in [6.45, 7) is 9.09. The minimum Gasteiger partial charge on any atom is -0.465 e. The molecular weight excluding hydrogens is 670 g/mol. The lowest BCUT2D eigenvalue weighted by Gasteiger charge is -2.34. The molecule has 1 saturated heterocycles. The molecule has 4 heterocycles. The first-order valence-electron chi connectivity index (χ1n) is 17.6. The molecule has 0 bridgehead atoms. The average molecular weight is 720 g/mol. The highest BCUT2D eigenvalue weighted by Crippen LogP contribution is 2.24. The zero-order valence-electron chi connectivity index (χ0n) is 30.9. The van der Waals surface area contributed by atoms with E-state index < -0.39 is 28.9 Å². The number of nitrogens with one attached hydrogen (secondary N) is 2. The van der Waals surface area contributed by atoms with Crippen molar-refractivity contribution in [2.75, 3.05) is 43.5 Å². The van der Waals surface area contributed by atoms with Crippen molar-refractivity contribution in [3.63, 3.8) is 0 Å². The van der Waals surface area contributed by atoms with Crippen LogP contribution in [0.15, 0.2) is 26.8 Å². The highest BCUT2D eigenvalue weighted by molar-refractivity contribution is 5.90. The first-order chi connectivity index (χ1) is 24.9. The van der Waals surface area contributed by atoms with Crippen molar-refractivity contribution >= 4 is 35.0 Å². The summed E-state index contributed by atoms with van der Waals surface area (Å²) in [4.78, 5) is 67.6. The smallest absolute Gasteiger partial charge is 0.407 e. The summed E-state index contributed by atoms with van der Waals surface area (Å²) in [6, 6.07) is 3.00. The van der Waals surface area contributed by atoms with Crippen LogP contribution >= 0.6 is 0 Å². The summed E-state index contributed by atoms with van der Waals surface area (Å²) in [6.07, 6.45) is 5.64. The van der Waals surface area contributed by atoms with E-state index in [0.717, 1.165) is 49.5 Å². The number of azide groups is 1. The molecule has 0 spiro atoms. The number of hydrogen-bond acceptors (Lipinski definition) is 11. The zero-order valence-corrected chi connectivity index (χ0v) is 30.9. The maximum Gasteiger partial charge on any atom is 0.407 e. The lowest BCUT2D eigenvalue weighted by Crippen LogP contribution is -2.49. The number of fused-ring (bicyclic) bond motifs is 1. The lowest BCUT2D eigenvalue weighted by molar-refractivity contribution is 0.0498. The van der Waals surface area contributed by atoms with Gasteiger partial charge >= 0.3 is 17.8 Å². The Bertz CT molecular complexity index is 1970. The predicted octanol–water partition coefficient (Wildman–Crippen LogP) is 4.32. The molecule has 3 aromatic rings. The van der Waals surface area contributed by atoms with Gasteiger partial charge in [-0.1, -0.05) is 30.3 Å². The molecule has 1 fully saturated rings. The van der Waals surface area contributed by atoms with Gasteiger partial charge in [-0.2, -0.15) is 4.98 Å². The van der Waals surface area contributed by atoms with Crippen LogP contribution in [0.3, 0.4) is 0 Å². The number of carbonyl (C=O) groups excluding carboxylic acids is 2. The monoisotopic (exact) mass is 719 g/mol. The number of pyridine rings is 1. The topological polar surface area (TPSA) is 203 Å². The van der Waals surface area contributed by atoms with Crippen LogP contribution in [0.2, 0.25) is 0 Å². The number of imidazole rings is 1. The maximum absolute atomic E-state index is 14.3. The summed E-state index contributed by atoms with van der Waals surface area (Å²) in [7, 11) is 2.80. The number of nitrogens with zero attached hydrogens (tertiary/aromatic N) is 9. The van der Waals surface area contributed by atoms with Crippen molar-refractivity contribution in [2.45, 2.75) is 97.4 Å². The highest BCUT2D eigenvalue weighted by atomic mass is 16.6. The van der Waals surface area contributed by atoms with Gasteiger partial charge in [0.05, 0.1) is 31.5 Å². The summed E-state index contributed by atoms with van der Waals surface area (Å²) in [5, 5.41) is 9.76. The van der Waals surface area contributed by atoms with Crippen molar-refractivity contribution in [1.29, 1.82) is 0 Å². The normalized spacial score (nSPS) is 14.3. The third-order valence-electron chi connectivity index (χ3n) is 8.54. The quantitative estimate of drug-likeness (QED) is 0.0569. The van der Waals surface area contributed by atoms with Crippen LogP contribution < -0.4 is 26.8 Å². The Balaban J connectivity index is 1.64. The van der Waals surface area contributed by atoms with Gasteiger partial charge in [0, 0.05) is 44.2 Å². The fraction of sp³-hybridized carbons (Fsp3) is 0.600. The molecule has 17 nitrogen and oxygen atoms in total. The molecule has 0 aliphatic carbocycles. The number of hydrogen-bond donors (Lipinski definition) is 2. The molecule has 2 N–H and O–H groups in total. The van der Waals surface area contributed by atoms with Gasteiger partial charge < -0.3 is 25.0 Å². The molecule has 1 aliphatic heterocycles. The van der Waals surface area contributed by atoms with Crippen LogP contribution in [0.1, 0.15) is 88.7 Å². The Morgan fingerprint density at radius 1 is 1.12 bits per heavy atom. The predicted molar refractivity (Wildman–Crippen MR) is 198 cm³/mol. The van der Waals surface area contributed by atoms with Gasteiger partial charge in [-0.15, -0.1) is 5.92 Å². The summed E-state index contributed by atoms with van der Waals surface area (Å²) >= 11 is 0. The van der Waals surface area contributed by atoms with E-state index in [4.69, 9.17) is 20.0 Å². The number of unbranched alkanes of at least 4 members (excludes halogenated alkanes) is 4. The van der Waals surface area contributed by atoms with Crippen molar-refractivity contribution < 1.29 is 19.1 Å². The minimum atomic E-state index is -0.647. The summed E-state index contributed by atoms with van der Waals surface area (Å²) in [5.41, 5.74) is 7.21. The fourth-order valence-corrected chi connectivity index (χ4v) is 6.06. The first-order valence-corrected chi connectivity index (χ1v) is 17.6. The molecule has 0 aromatic carbocycles. The van der Waals surface area contributed by atoms with Crippen LogP contribution in [0.5, 0.6) is 0 Å². The number of carbonyl (C=O) groups is 2. The Morgan fingerprint density at radius 3 is 2.58 bits per heavy atom. The van der Waals surface area contributed by atoms with Crippen LogP contribution in [0.25, 0.3) is 21.6 Å². The molecule has 280 valence electrons. The van der Waals surface area contributed by atoms with Gasteiger partial charge in [0.2, 0.25) is 5.95 Å². The molecule has 4 rings (SSSR count). The summed E-state index contributed by atoms with van der Waals surface area (Å²) < 4.78 is 14.5. The minimum absolute atomic E-state index is 0.130. The van der Waals surface area contributed by atoms with E-state index >= 15 is 0 Å². The van der Waals surface area contributed by atoms with E-state index in [1.807, 2.05) is 4.90 Å². The largest absolute Gasteiger partial charge is 0.465 e. The van der Waals surface area contributed by atoms with E-state index in [-0.39, 0.29) is 41.6 Å². The molecule has 0 saturated carbocycles. The SMILES string of the molecule is CC#CCn1c(N2CCC[C@@H](NC(=O)OC(C)(C)C)C2)nc2c1c(=O)n(Cc1nc(NCCCCCCCN=[N+]=[N-])ccc1C(=O)OC)c(=O)n2C. The number of rotatable bonds is 15. The third kappa shape index (κ3) is 10.1. The molecule has 1 atom stereocenters. The Morgan fingerprint density at radius 2 is 1.87 bits per heavy atom. The van der Waals surface area contributed by atoms with Gasteiger partial charge in [-0.25, -0.2) is 19.4 Å². The molecule has 1 amide bonds. The van der Waals surface area contributed by atoms with Crippen LogP contribution in [-0.4, -0.2) is 80.7 Å². The Labute approximate surface area is 302 Å². The number of methoxy groups -OCH3 is 1. The zero-order chi connectivity index (χ0) is 37.8. The van der Waals surface area contributed by atoms with Crippen molar-refractivity contribution in [3.05, 3.63) is 54.7 Å². The number of amides is 1. The highest BCUT2D eigenvalue weighted by Gasteiger charge is 2.29. The number of ether oxygens (including phenoxy) is 2. The fourth-order valence-electron chi connectivity index (χ4n) is 6.06. The van der Waals surface area contributed by atoms with Gasteiger partial charge in [-0.05, 0) is 71.0 Å². The van der Waals surface area contributed by atoms with Gasteiger partial charge in [0.1, 0.15) is 11.4 Å². The molecule has 0 unspecified atom stereocenters. The molecular formula is C35H49N11O6. The summed E-state index contributed by atoms with van der Waals surface area (Å²) in [5.74, 6) is 6.20. The number of alkyl carbamates (subject to hydrolysis) is 1.